The third-order valence-electron chi connectivity index (χ3n) is 2.71. The molecule has 1 rings (SSSR count). The highest BCUT2D eigenvalue weighted by Gasteiger charge is 2.20. The van der Waals surface area contributed by atoms with Crippen molar-refractivity contribution in [1.82, 2.24) is 10.1 Å². The van der Waals surface area contributed by atoms with Crippen LogP contribution >= 0.6 is 0 Å². The van der Waals surface area contributed by atoms with Crippen molar-refractivity contribution in [1.29, 1.82) is 0 Å². The van der Waals surface area contributed by atoms with Gasteiger partial charge in [-0.25, -0.2) is 0 Å². The largest absolute Gasteiger partial charge is 0.361 e. The Balaban J connectivity index is 2.55. The zero-order valence-electron chi connectivity index (χ0n) is 10.8. The van der Waals surface area contributed by atoms with Crippen LogP contribution in [0.25, 0.3) is 0 Å². The lowest BCUT2D eigenvalue weighted by atomic mass is 9.93. The first kappa shape index (κ1) is 13.2. The topological polar surface area (TPSA) is 55.3 Å². The molecule has 4 nitrogen and oxygen atoms in total. The molecule has 0 bridgehead atoms. The summed E-state index contributed by atoms with van der Waals surface area (Å²) in [6, 6.07) is 1.98. The molecule has 0 saturated carbocycles. The summed E-state index contributed by atoms with van der Waals surface area (Å²) in [6.07, 6.45) is 0. The Bertz CT molecular complexity index is 320. The van der Waals surface area contributed by atoms with Crippen molar-refractivity contribution >= 4 is 0 Å². The van der Waals surface area contributed by atoms with Crippen molar-refractivity contribution in [2.45, 2.75) is 34.2 Å². The van der Waals surface area contributed by atoms with Gasteiger partial charge in [-0.1, -0.05) is 25.9 Å². The van der Waals surface area contributed by atoms with Crippen molar-refractivity contribution < 1.29 is 4.52 Å². The maximum absolute atomic E-state index is 5.75. The van der Waals surface area contributed by atoms with Crippen LogP contribution in [0.3, 0.4) is 0 Å². The van der Waals surface area contributed by atoms with Crippen molar-refractivity contribution in [2.24, 2.45) is 11.1 Å². The predicted octanol–water partition coefficient (Wildman–Crippen LogP) is 1.79. The smallest absolute Gasteiger partial charge is 0.133 e. The number of aryl methyl sites for hydroxylation is 1. The number of hydrogen-bond donors (Lipinski definition) is 1. The van der Waals surface area contributed by atoms with Crippen LogP contribution in [0.5, 0.6) is 0 Å². The van der Waals surface area contributed by atoms with E-state index in [1.165, 1.54) is 0 Å². The molecule has 0 aliphatic heterocycles. The van der Waals surface area contributed by atoms with Gasteiger partial charge in [0.05, 0.1) is 5.69 Å². The van der Waals surface area contributed by atoms with E-state index in [1.807, 2.05) is 13.0 Å². The SMILES string of the molecule is CCN(Cc1cc(C)on1)CC(C)(C)CN. The maximum Gasteiger partial charge on any atom is 0.133 e. The van der Waals surface area contributed by atoms with Crippen LogP contribution in [0, 0.1) is 12.3 Å². The minimum atomic E-state index is 0.148. The van der Waals surface area contributed by atoms with Gasteiger partial charge in [0, 0.05) is 19.2 Å². The number of rotatable bonds is 6. The van der Waals surface area contributed by atoms with E-state index in [4.69, 9.17) is 10.3 Å². The van der Waals surface area contributed by atoms with Gasteiger partial charge in [-0.2, -0.15) is 0 Å². The van der Waals surface area contributed by atoms with E-state index in [1.54, 1.807) is 0 Å². The Morgan fingerprint density at radius 1 is 1.50 bits per heavy atom. The fourth-order valence-electron chi connectivity index (χ4n) is 1.67. The van der Waals surface area contributed by atoms with E-state index >= 15 is 0 Å². The fraction of sp³-hybridized carbons (Fsp3) is 0.750. The molecule has 16 heavy (non-hydrogen) atoms. The molecule has 0 aliphatic carbocycles. The van der Waals surface area contributed by atoms with Crippen molar-refractivity contribution in [2.75, 3.05) is 19.6 Å². The molecular weight excluding hydrogens is 202 g/mol. The minimum absolute atomic E-state index is 0.148. The molecule has 0 amide bonds. The molecule has 4 heteroatoms. The second kappa shape index (κ2) is 5.46. The van der Waals surface area contributed by atoms with E-state index in [0.29, 0.717) is 6.54 Å². The Hall–Kier alpha value is -0.870. The van der Waals surface area contributed by atoms with Gasteiger partial charge in [-0.15, -0.1) is 0 Å². The van der Waals surface area contributed by atoms with Gasteiger partial charge in [0.2, 0.25) is 0 Å². The molecule has 1 heterocycles. The third-order valence-corrected chi connectivity index (χ3v) is 2.71. The Morgan fingerprint density at radius 2 is 2.19 bits per heavy atom. The van der Waals surface area contributed by atoms with E-state index in [-0.39, 0.29) is 5.41 Å². The average molecular weight is 225 g/mol. The van der Waals surface area contributed by atoms with Gasteiger partial charge >= 0.3 is 0 Å². The first-order valence-corrected chi connectivity index (χ1v) is 5.81. The zero-order chi connectivity index (χ0) is 12.2. The molecule has 1 aromatic rings. The van der Waals surface area contributed by atoms with Crippen molar-refractivity contribution in [3.05, 3.63) is 17.5 Å². The van der Waals surface area contributed by atoms with Gasteiger partial charge in [0.1, 0.15) is 5.76 Å². The molecule has 1 aromatic heterocycles. The summed E-state index contributed by atoms with van der Waals surface area (Å²) in [4.78, 5) is 2.34. The van der Waals surface area contributed by atoms with Gasteiger partial charge in [0.25, 0.3) is 0 Å². The lowest BCUT2D eigenvalue weighted by molar-refractivity contribution is 0.179. The van der Waals surface area contributed by atoms with E-state index in [9.17, 15) is 0 Å². The van der Waals surface area contributed by atoms with Crippen molar-refractivity contribution in [3.63, 3.8) is 0 Å². The van der Waals surface area contributed by atoms with Crippen LogP contribution in [-0.4, -0.2) is 29.7 Å². The number of hydrogen-bond acceptors (Lipinski definition) is 4. The molecule has 0 aliphatic rings. The molecule has 2 N–H and O–H groups in total. The highest BCUT2D eigenvalue weighted by atomic mass is 16.5. The zero-order valence-corrected chi connectivity index (χ0v) is 10.8. The summed E-state index contributed by atoms with van der Waals surface area (Å²) in [5.41, 5.74) is 6.89. The van der Waals surface area contributed by atoms with Gasteiger partial charge < -0.3 is 10.3 Å². The summed E-state index contributed by atoms with van der Waals surface area (Å²) < 4.78 is 5.06. The van der Waals surface area contributed by atoms with Crippen LogP contribution in [-0.2, 0) is 6.54 Å². The van der Waals surface area contributed by atoms with Crippen molar-refractivity contribution in [3.8, 4) is 0 Å². The first-order chi connectivity index (χ1) is 7.46. The molecule has 0 aromatic carbocycles. The lowest BCUT2D eigenvalue weighted by Crippen LogP contribution is -2.38. The first-order valence-electron chi connectivity index (χ1n) is 5.81. The molecular formula is C12H23N3O. The summed E-state index contributed by atoms with van der Waals surface area (Å²) in [7, 11) is 0. The van der Waals surface area contributed by atoms with Gasteiger partial charge in [-0.05, 0) is 25.4 Å². The van der Waals surface area contributed by atoms with Crippen LogP contribution in [0.2, 0.25) is 0 Å². The standard InChI is InChI=1S/C12H23N3O/c1-5-15(9-12(3,4)8-13)7-11-6-10(2)16-14-11/h6H,5,7-9,13H2,1-4H3. The highest BCUT2D eigenvalue weighted by molar-refractivity contribution is 5.03. The van der Waals surface area contributed by atoms with E-state index < -0.39 is 0 Å². The summed E-state index contributed by atoms with van der Waals surface area (Å²) in [5.74, 6) is 0.865. The van der Waals surface area contributed by atoms with Crippen LogP contribution in [0.1, 0.15) is 32.2 Å². The van der Waals surface area contributed by atoms with Crippen LogP contribution in [0.4, 0.5) is 0 Å². The maximum atomic E-state index is 5.75. The number of nitrogens with two attached hydrogens (primary N) is 1. The Morgan fingerprint density at radius 3 is 2.62 bits per heavy atom. The van der Waals surface area contributed by atoms with Crippen LogP contribution < -0.4 is 5.73 Å². The summed E-state index contributed by atoms with van der Waals surface area (Å²) in [6.45, 7) is 11.9. The van der Waals surface area contributed by atoms with E-state index in [2.05, 4.69) is 30.8 Å². The summed E-state index contributed by atoms with van der Waals surface area (Å²) in [5, 5.41) is 4.01. The molecule has 0 fully saturated rings. The van der Waals surface area contributed by atoms with Crippen LogP contribution in [0.15, 0.2) is 10.6 Å². The molecule has 0 atom stereocenters. The minimum Gasteiger partial charge on any atom is -0.361 e. The fourth-order valence-corrected chi connectivity index (χ4v) is 1.67. The predicted molar refractivity (Wildman–Crippen MR) is 65.0 cm³/mol. The molecule has 0 radical (unpaired) electrons. The average Bonchev–Trinajstić information content (AvgIpc) is 2.63. The van der Waals surface area contributed by atoms with E-state index in [0.717, 1.165) is 31.1 Å². The Labute approximate surface area is 97.8 Å². The molecule has 0 spiro atoms. The second-order valence-electron chi connectivity index (χ2n) is 5.10. The molecule has 0 unspecified atom stereocenters. The summed E-state index contributed by atoms with van der Waals surface area (Å²) >= 11 is 0. The van der Waals surface area contributed by atoms with Gasteiger partial charge in [0.15, 0.2) is 0 Å². The highest BCUT2D eigenvalue weighted by Crippen LogP contribution is 2.16. The number of aromatic nitrogens is 1. The lowest BCUT2D eigenvalue weighted by Gasteiger charge is -2.30. The quantitative estimate of drug-likeness (QED) is 0.802. The monoisotopic (exact) mass is 225 g/mol. The second-order valence-corrected chi connectivity index (χ2v) is 5.10. The third kappa shape index (κ3) is 3.94. The normalized spacial score (nSPS) is 12.4. The molecule has 0 saturated heterocycles. The Kier molecular flexibility index (Phi) is 4.50. The number of nitrogens with zero attached hydrogens (tertiary/aromatic N) is 2. The van der Waals surface area contributed by atoms with Gasteiger partial charge in [-0.3, -0.25) is 4.90 Å². The molecule has 92 valence electrons.